The number of carbonyl (C=O) groups is 1. The standard InChI is InChI=1S/C14H22N2OS/c15-14(17)9-13(11-5-2-1-3-6-11)16-10-12-7-4-8-18-12/h4,7-8,11,13,16H,1-3,5-6,9-10H2,(H2,15,17)/t13-/m0/s1. The number of nitrogens with two attached hydrogens (primary N) is 1. The van der Waals surface area contributed by atoms with Crippen LogP contribution in [0.15, 0.2) is 17.5 Å². The normalized spacial score (nSPS) is 18.7. The first-order chi connectivity index (χ1) is 8.75. The molecule has 0 bridgehead atoms. The minimum atomic E-state index is -0.191. The van der Waals surface area contributed by atoms with Crippen molar-refractivity contribution in [3.63, 3.8) is 0 Å². The first-order valence-corrected chi connectivity index (χ1v) is 7.68. The van der Waals surface area contributed by atoms with Gasteiger partial charge in [0.25, 0.3) is 0 Å². The maximum absolute atomic E-state index is 11.2. The maximum Gasteiger partial charge on any atom is 0.218 e. The van der Waals surface area contributed by atoms with Crippen LogP contribution in [0.25, 0.3) is 0 Å². The van der Waals surface area contributed by atoms with Crippen LogP contribution in [-0.4, -0.2) is 11.9 Å². The highest BCUT2D eigenvalue weighted by atomic mass is 32.1. The van der Waals surface area contributed by atoms with Gasteiger partial charge in [-0.15, -0.1) is 11.3 Å². The van der Waals surface area contributed by atoms with Crippen molar-refractivity contribution in [2.75, 3.05) is 0 Å². The van der Waals surface area contributed by atoms with Crippen LogP contribution in [-0.2, 0) is 11.3 Å². The van der Waals surface area contributed by atoms with Gasteiger partial charge in [-0.05, 0) is 30.2 Å². The van der Waals surface area contributed by atoms with Crippen molar-refractivity contribution in [3.05, 3.63) is 22.4 Å². The highest BCUT2D eigenvalue weighted by Gasteiger charge is 2.24. The van der Waals surface area contributed by atoms with Gasteiger partial charge in [0.15, 0.2) is 0 Å². The molecule has 1 aromatic heterocycles. The van der Waals surface area contributed by atoms with Crippen LogP contribution in [0.3, 0.4) is 0 Å². The molecule has 1 aliphatic carbocycles. The first-order valence-electron chi connectivity index (χ1n) is 6.80. The molecule has 1 aromatic rings. The third-order valence-electron chi connectivity index (χ3n) is 3.76. The van der Waals surface area contributed by atoms with Gasteiger partial charge in [0.2, 0.25) is 5.91 Å². The van der Waals surface area contributed by atoms with E-state index in [4.69, 9.17) is 5.73 Å². The molecular weight excluding hydrogens is 244 g/mol. The number of rotatable bonds is 6. The van der Waals surface area contributed by atoms with Gasteiger partial charge in [-0.2, -0.15) is 0 Å². The molecule has 0 saturated heterocycles. The highest BCUT2D eigenvalue weighted by molar-refractivity contribution is 7.09. The summed E-state index contributed by atoms with van der Waals surface area (Å²) in [6.45, 7) is 0.853. The van der Waals surface area contributed by atoms with Gasteiger partial charge in [0.1, 0.15) is 0 Å². The lowest BCUT2D eigenvalue weighted by atomic mass is 9.82. The van der Waals surface area contributed by atoms with Crippen molar-refractivity contribution in [2.45, 2.75) is 51.1 Å². The Kier molecular flexibility index (Phi) is 5.20. The summed E-state index contributed by atoms with van der Waals surface area (Å²) in [5.74, 6) is 0.426. The zero-order valence-electron chi connectivity index (χ0n) is 10.7. The number of primary amides is 1. The van der Waals surface area contributed by atoms with Gasteiger partial charge in [-0.3, -0.25) is 4.79 Å². The van der Waals surface area contributed by atoms with Crippen molar-refractivity contribution in [1.29, 1.82) is 0 Å². The number of carbonyl (C=O) groups excluding carboxylic acids is 1. The van der Waals surface area contributed by atoms with Gasteiger partial charge in [-0.25, -0.2) is 0 Å². The predicted octanol–water partition coefficient (Wildman–Crippen LogP) is 2.66. The summed E-state index contributed by atoms with van der Waals surface area (Å²) in [5.41, 5.74) is 5.37. The lowest BCUT2D eigenvalue weighted by molar-refractivity contribution is -0.118. The maximum atomic E-state index is 11.2. The quantitative estimate of drug-likeness (QED) is 0.831. The van der Waals surface area contributed by atoms with Gasteiger partial charge < -0.3 is 11.1 Å². The zero-order chi connectivity index (χ0) is 12.8. The second-order valence-corrected chi connectivity index (χ2v) is 6.17. The van der Waals surface area contributed by atoms with Crippen LogP contribution in [0, 0.1) is 5.92 Å². The molecule has 4 heteroatoms. The van der Waals surface area contributed by atoms with E-state index in [0.717, 1.165) is 6.54 Å². The van der Waals surface area contributed by atoms with E-state index in [1.54, 1.807) is 11.3 Å². The topological polar surface area (TPSA) is 55.1 Å². The minimum absolute atomic E-state index is 0.191. The number of amides is 1. The molecule has 0 aromatic carbocycles. The van der Waals surface area contributed by atoms with Crippen LogP contribution in [0.4, 0.5) is 0 Å². The van der Waals surface area contributed by atoms with E-state index in [0.29, 0.717) is 12.3 Å². The van der Waals surface area contributed by atoms with E-state index >= 15 is 0 Å². The third kappa shape index (κ3) is 4.10. The van der Waals surface area contributed by atoms with E-state index in [9.17, 15) is 4.79 Å². The molecule has 0 spiro atoms. The monoisotopic (exact) mass is 266 g/mol. The Morgan fingerprint density at radius 2 is 2.22 bits per heavy atom. The second kappa shape index (κ2) is 6.90. The zero-order valence-corrected chi connectivity index (χ0v) is 11.5. The molecule has 0 unspecified atom stereocenters. The predicted molar refractivity (Wildman–Crippen MR) is 75.3 cm³/mol. The number of hydrogen-bond donors (Lipinski definition) is 2. The van der Waals surface area contributed by atoms with Crippen LogP contribution in [0.5, 0.6) is 0 Å². The first kappa shape index (κ1) is 13.6. The van der Waals surface area contributed by atoms with Crippen LogP contribution < -0.4 is 11.1 Å². The summed E-state index contributed by atoms with van der Waals surface area (Å²) >= 11 is 1.75. The molecule has 100 valence electrons. The fraction of sp³-hybridized carbons (Fsp3) is 0.643. The number of nitrogens with one attached hydrogen (secondary N) is 1. The summed E-state index contributed by atoms with van der Waals surface area (Å²) in [6, 6.07) is 4.44. The Morgan fingerprint density at radius 3 is 2.83 bits per heavy atom. The summed E-state index contributed by atoms with van der Waals surface area (Å²) in [5, 5.41) is 5.62. The largest absolute Gasteiger partial charge is 0.370 e. The Labute approximate surface area is 113 Å². The van der Waals surface area contributed by atoms with Crippen LogP contribution >= 0.6 is 11.3 Å². The molecule has 1 aliphatic rings. The second-order valence-electron chi connectivity index (χ2n) is 5.14. The summed E-state index contributed by atoms with van der Waals surface area (Å²) < 4.78 is 0. The minimum Gasteiger partial charge on any atom is -0.370 e. The molecule has 2 rings (SSSR count). The summed E-state index contributed by atoms with van der Waals surface area (Å²) in [4.78, 5) is 12.5. The van der Waals surface area contributed by atoms with Crippen molar-refractivity contribution in [2.24, 2.45) is 11.7 Å². The molecule has 1 atom stereocenters. The molecule has 1 heterocycles. The Bertz CT molecular complexity index is 358. The SMILES string of the molecule is NC(=O)C[C@H](NCc1cccs1)C1CCCCC1. The van der Waals surface area contributed by atoms with Crippen LogP contribution in [0.1, 0.15) is 43.4 Å². The fourth-order valence-corrected chi connectivity index (χ4v) is 3.46. The third-order valence-corrected chi connectivity index (χ3v) is 4.63. The summed E-state index contributed by atoms with van der Waals surface area (Å²) in [7, 11) is 0. The van der Waals surface area contributed by atoms with Crippen LogP contribution in [0.2, 0.25) is 0 Å². The number of hydrogen-bond acceptors (Lipinski definition) is 3. The molecule has 1 saturated carbocycles. The molecule has 1 fully saturated rings. The molecule has 1 amide bonds. The lowest BCUT2D eigenvalue weighted by Crippen LogP contribution is -2.39. The van der Waals surface area contributed by atoms with Gasteiger partial charge >= 0.3 is 0 Å². The molecule has 18 heavy (non-hydrogen) atoms. The van der Waals surface area contributed by atoms with Crippen molar-refractivity contribution in [3.8, 4) is 0 Å². The average molecular weight is 266 g/mol. The van der Waals surface area contributed by atoms with Gasteiger partial charge in [0.05, 0.1) is 0 Å². The Hall–Kier alpha value is -0.870. The highest BCUT2D eigenvalue weighted by Crippen LogP contribution is 2.28. The molecule has 0 radical (unpaired) electrons. The fourth-order valence-electron chi connectivity index (χ4n) is 2.80. The van der Waals surface area contributed by atoms with E-state index in [2.05, 4.69) is 22.8 Å². The van der Waals surface area contributed by atoms with E-state index in [1.165, 1.54) is 37.0 Å². The molecule has 3 N–H and O–H groups in total. The Morgan fingerprint density at radius 1 is 1.44 bits per heavy atom. The molecule has 3 nitrogen and oxygen atoms in total. The Balaban J connectivity index is 1.89. The van der Waals surface area contributed by atoms with Crippen molar-refractivity contribution in [1.82, 2.24) is 5.32 Å². The smallest absolute Gasteiger partial charge is 0.218 e. The van der Waals surface area contributed by atoms with E-state index in [1.807, 2.05) is 0 Å². The van der Waals surface area contributed by atoms with E-state index in [-0.39, 0.29) is 11.9 Å². The summed E-state index contributed by atoms with van der Waals surface area (Å²) in [6.07, 6.45) is 6.85. The van der Waals surface area contributed by atoms with E-state index < -0.39 is 0 Å². The van der Waals surface area contributed by atoms with Gasteiger partial charge in [0, 0.05) is 23.9 Å². The van der Waals surface area contributed by atoms with Gasteiger partial charge in [-0.1, -0.05) is 25.3 Å². The average Bonchev–Trinajstić information content (AvgIpc) is 2.88. The molecular formula is C14H22N2OS. The number of thiophene rings is 1. The van der Waals surface area contributed by atoms with Crippen molar-refractivity contribution >= 4 is 17.2 Å². The van der Waals surface area contributed by atoms with Crippen molar-refractivity contribution < 1.29 is 4.79 Å². The molecule has 0 aliphatic heterocycles. The lowest BCUT2D eigenvalue weighted by Gasteiger charge is -2.30.